The van der Waals surface area contributed by atoms with Crippen molar-refractivity contribution < 1.29 is 27.8 Å². The third kappa shape index (κ3) is 6.76. The lowest BCUT2D eigenvalue weighted by Crippen LogP contribution is -2.32. The molecule has 2 rings (SSSR count). The number of hydrogen-bond donors (Lipinski definition) is 3. The Bertz CT molecular complexity index is 729. The molecular formula is C18H28N2O6S. The van der Waals surface area contributed by atoms with Gasteiger partial charge in [0.25, 0.3) is 0 Å². The summed E-state index contributed by atoms with van der Waals surface area (Å²) in [5.74, 6) is -1.18. The minimum atomic E-state index is -3.88. The van der Waals surface area contributed by atoms with Gasteiger partial charge in [-0.2, -0.15) is 0 Å². The minimum Gasteiger partial charge on any atom is -0.478 e. The molecule has 1 aromatic carbocycles. The molecule has 0 aliphatic carbocycles. The van der Waals surface area contributed by atoms with Crippen LogP contribution in [0, 0.1) is 0 Å². The maximum absolute atomic E-state index is 12.7. The summed E-state index contributed by atoms with van der Waals surface area (Å²) < 4.78 is 38.9. The Morgan fingerprint density at radius 2 is 2.19 bits per heavy atom. The van der Waals surface area contributed by atoms with E-state index in [1.807, 2.05) is 13.8 Å². The maximum atomic E-state index is 12.7. The summed E-state index contributed by atoms with van der Waals surface area (Å²) in [6.07, 6.45) is 2.40. The molecule has 1 saturated heterocycles. The van der Waals surface area contributed by atoms with Crippen LogP contribution >= 0.6 is 0 Å². The molecule has 1 aliphatic heterocycles. The Hall–Kier alpha value is -1.68. The average Bonchev–Trinajstić information content (AvgIpc) is 3.13. The summed E-state index contributed by atoms with van der Waals surface area (Å²) in [7, 11) is -3.88. The first-order chi connectivity index (χ1) is 12.8. The third-order valence-electron chi connectivity index (χ3n) is 4.13. The van der Waals surface area contributed by atoms with Gasteiger partial charge in [-0.25, -0.2) is 17.9 Å². The van der Waals surface area contributed by atoms with Gasteiger partial charge in [0.05, 0.1) is 23.5 Å². The molecule has 8 nitrogen and oxygen atoms in total. The number of rotatable bonds is 11. The Labute approximate surface area is 160 Å². The number of hydrogen-bond acceptors (Lipinski definition) is 6. The van der Waals surface area contributed by atoms with E-state index in [-0.39, 0.29) is 29.2 Å². The van der Waals surface area contributed by atoms with Crippen LogP contribution in [0.15, 0.2) is 23.1 Å². The second kappa shape index (κ2) is 10.0. The highest BCUT2D eigenvalue weighted by Gasteiger charge is 2.23. The van der Waals surface area contributed by atoms with Gasteiger partial charge in [-0.3, -0.25) is 0 Å². The van der Waals surface area contributed by atoms with Crippen LogP contribution in [0.1, 0.15) is 43.5 Å². The summed E-state index contributed by atoms with van der Waals surface area (Å²) in [4.78, 5) is 11.2. The standard InChI is InChI=1S/C18H28N2O6S/c1-13(2)25-10-4-8-19-16-7-6-14(18(21)22)11-17(16)27(23,24)20-12-15-5-3-9-26-15/h6-7,11,13,15,19-20H,3-5,8-10,12H2,1-2H3,(H,21,22)/t15-/m0/s1. The molecule has 0 aromatic heterocycles. The van der Waals surface area contributed by atoms with Crippen LogP contribution < -0.4 is 10.0 Å². The van der Waals surface area contributed by atoms with Gasteiger partial charge >= 0.3 is 5.97 Å². The van der Waals surface area contributed by atoms with Crippen molar-refractivity contribution in [1.29, 1.82) is 0 Å². The second-order valence-corrected chi connectivity index (χ2v) is 8.44. The third-order valence-corrected chi connectivity index (χ3v) is 5.59. The lowest BCUT2D eigenvalue weighted by molar-refractivity contribution is 0.0696. The molecule has 0 bridgehead atoms. The number of nitrogens with one attached hydrogen (secondary N) is 2. The Morgan fingerprint density at radius 3 is 2.81 bits per heavy atom. The molecule has 152 valence electrons. The normalized spacial score (nSPS) is 17.4. The van der Waals surface area contributed by atoms with E-state index >= 15 is 0 Å². The van der Waals surface area contributed by atoms with E-state index in [2.05, 4.69) is 10.0 Å². The summed E-state index contributed by atoms with van der Waals surface area (Å²) in [5, 5.41) is 12.3. The number of benzene rings is 1. The first-order valence-electron chi connectivity index (χ1n) is 9.13. The molecule has 1 aromatic rings. The zero-order valence-corrected chi connectivity index (χ0v) is 16.5. The number of ether oxygens (including phenoxy) is 2. The van der Waals surface area contributed by atoms with Crippen LogP contribution in [0.2, 0.25) is 0 Å². The summed E-state index contributed by atoms with van der Waals surface area (Å²) >= 11 is 0. The van der Waals surface area contributed by atoms with Gasteiger partial charge in [-0.15, -0.1) is 0 Å². The maximum Gasteiger partial charge on any atom is 0.335 e. The highest BCUT2D eigenvalue weighted by Crippen LogP contribution is 2.23. The summed E-state index contributed by atoms with van der Waals surface area (Å²) in [6, 6.07) is 4.04. The summed E-state index contributed by atoms with van der Waals surface area (Å²) in [6.45, 7) is 5.75. The van der Waals surface area contributed by atoms with Crippen molar-refractivity contribution in [2.24, 2.45) is 0 Å². The smallest absolute Gasteiger partial charge is 0.335 e. The number of anilines is 1. The predicted octanol–water partition coefficient (Wildman–Crippen LogP) is 2.07. The molecule has 0 radical (unpaired) electrons. The van der Waals surface area contributed by atoms with Crippen molar-refractivity contribution in [3.63, 3.8) is 0 Å². The van der Waals surface area contributed by atoms with Crippen LogP contribution in [0.3, 0.4) is 0 Å². The molecule has 1 atom stereocenters. The molecule has 1 heterocycles. The fourth-order valence-corrected chi connectivity index (χ4v) is 4.00. The largest absolute Gasteiger partial charge is 0.478 e. The molecule has 9 heteroatoms. The lowest BCUT2D eigenvalue weighted by atomic mass is 10.2. The molecule has 1 fully saturated rings. The quantitative estimate of drug-likeness (QED) is 0.487. The number of carboxylic acid groups (broad SMARTS) is 1. The van der Waals surface area contributed by atoms with Gasteiger partial charge in [0.15, 0.2) is 0 Å². The zero-order valence-electron chi connectivity index (χ0n) is 15.7. The SMILES string of the molecule is CC(C)OCCCNc1ccc(C(=O)O)cc1S(=O)(=O)NC[C@@H]1CCCO1. The first kappa shape index (κ1) is 21.6. The molecule has 3 N–H and O–H groups in total. The highest BCUT2D eigenvalue weighted by molar-refractivity contribution is 7.89. The Morgan fingerprint density at radius 1 is 1.41 bits per heavy atom. The Kier molecular flexibility index (Phi) is 8.03. The molecule has 0 spiro atoms. The van der Waals surface area contributed by atoms with Crippen molar-refractivity contribution >= 4 is 21.7 Å². The van der Waals surface area contributed by atoms with Gasteiger partial charge in [-0.05, 0) is 51.3 Å². The number of carboxylic acids is 1. The van der Waals surface area contributed by atoms with E-state index in [1.165, 1.54) is 18.2 Å². The highest BCUT2D eigenvalue weighted by atomic mass is 32.2. The lowest BCUT2D eigenvalue weighted by Gasteiger charge is -2.16. The molecular weight excluding hydrogens is 372 g/mol. The van der Waals surface area contributed by atoms with Crippen molar-refractivity contribution in [1.82, 2.24) is 4.72 Å². The fraction of sp³-hybridized carbons (Fsp3) is 0.611. The molecule has 1 aliphatic rings. The van der Waals surface area contributed by atoms with Crippen LogP contribution in [0.4, 0.5) is 5.69 Å². The van der Waals surface area contributed by atoms with Gasteiger partial charge < -0.3 is 19.9 Å². The van der Waals surface area contributed by atoms with E-state index in [1.54, 1.807) is 0 Å². The van der Waals surface area contributed by atoms with E-state index < -0.39 is 16.0 Å². The molecule has 27 heavy (non-hydrogen) atoms. The van der Waals surface area contributed by atoms with Crippen LogP contribution in [-0.2, 0) is 19.5 Å². The van der Waals surface area contributed by atoms with Crippen LogP contribution in [0.5, 0.6) is 0 Å². The summed E-state index contributed by atoms with van der Waals surface area (Å²) in [5.41, 5.74) is 0.283. The van der Waals surface area contributed by atoms with Crippen LogP contribution in [-0.4, -0.2) is 58.0 Å². The number of sulfonamides is 1. The van der Waals surface area contributed by atoms with E-state index in [0.29, 0.717) is 31.9 Å². The van der Waals surface area contributed by atoms with Crippen molar-refractivity contribution in [3.8, 4) is 0 Å². The predicted molar refractivity (Wildman–Crippen MR) is 102 cm³/mol. The van der Waals surface area contributed by atoms with Gasteiger partial charge in [0, 0.05) is 26.3 Å². The zero-order chi connectivity index (χ0) is 19.9. The average molecular weight is 400 g/mol. The van der Waals surface area contributed by atoms with E-state index in [0.717, 1.165) is 12.8 Å². The monoisotopic (exact) mass is 400 g/mol. The van der Waals surface area contributed by atoms with Gasteiger partial charge in [0.2, 0.25) is 10.0 Å². The first-order valence-corrected chi connectivity index (χ1v) is 10.6. The molecule has 0 unspecified atom stereocenters. The number of aromatic carboxylic acids is 1. The van der Waals surface area contributed by atoms with Gasteiger partial charge in [0.1, 0.15) is 4.90 Å². The topological polar surface area (TPSA) is 114 Å². The minimum absolute atomic E-state index is 0.0785. The fourth-order valence-electron chi connectivity index (χ4n) is 2.72. The van der Waals surface area contributed by atoms with Gasteiger partial charge in [-0.1, -0.05) is 0 Å². The van der Waals surface area contributed by atoms with E-state index in [4.69, 9.17) is 9.47 Å². The van der Waals surface area contributed by atoms with E-state index in [9.17, 15) is 18.3 Å². The van der Waals surface area contributed by atoms with Crippen molar-refractivity contribution in [3.05, 3.63) is 23.8 Å². The number of carbonyl (C=O) groups is 1. The molecule has 0 amide bonds. The van der Waals surface area contributed by atoms with Crippen LogP contribution in [0.25, 0.3) is 0 Å². The second-order valence-electron chi connectivity index (χ2n) is 6.70. The van der Waals surface area contributed by atoms with Crippen molar-refractivity contribution in [2.45, 2.75) is 50.2 Å². The van der Waals surface area contributed by atoms with Crippen molar-refractivity contribution in [2.75, 3.05) is 31.6 Å². The molecule has 0 saturated carbocycles. The Balaban J connectivity index is 2.09.